The highest BCUT2D eigenvalue weighted by atomic mass is 16.5. The molecule has 0 spiro atoms. The van der Waals surface area contributed by atoms with Gasteiger partial charge in [0.2, 0.25) is 11.8 Å². The van der Waals surface area contributed by atoms with Crippen LogP contribution < -0.4 is 0 Å². The zero-order chi connectivity index (χ0) is 20.4. The van der Waals surface area contributed by atoms with Crippen LogP contribution in [0.4, 0.5) is 0 Å². The van der Waals surface area contributed by atoms with Gasteiger partial charge in [0.05, 0.1) is 25.5 Å². The maximum Gasteiger partial charge on any atom is 0.242 e. The Morgan fingerprint density at radius 3 is 2.64 bits per heavy atom. The van der Waals surface area contributed by atoms with Crippen molar-refractivity contribution in [3.8, 4) is 0 Å². The lowest BCUT2D eigenvalue weighted by molar-refractivity contribution is -0.143. The summed E-state index contributed by atoms with van der Waals surface area (Å²) in [6, 6.07) is 3.69. The molecule has 6 heteroatoms. The van der Waals surface area contributed by atoms with Crippen LogP contribution in [0.15, 0.2) is 22.8 Å². The Balaban J connectivity index is 1.97. The van der Waals surface area contributed by atoms with Crippen molar-refractivity contribution in [2.75, 3.05) is 19.7 Å². The lowest BCUT2D eigenvalue weighted by Gasteiger charge is -2.31. The zero-order valence-corrected chi connectivity index (χ0v) is 17.7. The second-order valence-electron chi connectivity index (χ2n) is 7.91. The second-order valence-corrected chi connectivity index (χ2v) is 7.91. The van der Waals surface area contributed by atoms with E-state index in [1.54, 1.807) is 16.1 Å². The molecule has 28 heavy (non-hydrogen) atoms. The molecular formula is C22H36N2O4. The summed E-state index contributed by atoms with van der Waals surface area (Å²) < 4.78 is 11.2. The molecule has 1 aliphatic rings. The summed E-state index contributed by atoms with van der Waals surface area (Å²) >= 11 is 0. The van der Waals surface area contributed by atoms with E-state index in [-0.39, 0.29) is 30.5 Å². The number of rotatable bonds is 12. The number of ether oxygens (including phenoxy) is 1. The van der Waals surface area contributed by atoms with Gasteiger partial charge in [-0.2, -0.15) is 0 Å². The SMILES string of the molecule is CCCCCCC(=O)N(CC(=O)N(Cc1ccco1)CC1CCCO1)C(C)C. The normalized spacial score (nSPS) is 16.5. The summed E-state index contributed by atoms with van der Waals surface area (Å²) in [6.45, 7) is 7.89. The van der Waals surface area contributed by atoms with Crippen molar-refractivity contribution in [1.29, 1.82) is 0 Å². The molecule has 158 valence electrons. The van der Waals surface area contributed by atoms with Gasteiger partial charge in [-0.25, -0.2) is 0 Å². The maximum atomic E-state index is 13.1. The molecule has 6 nitrogen and oxygen atoms in total. The van der Waals surface area contributed by atoms with E-state index in [2.05, 4.69) is 6.92 Å². The fourth-order valence-corrected chi connectivity index (χ4v) is 3.53. The lowest BCUT2D eigenvalue weighted by atomic mass is 10.1. The third kappa shape index (κ3) is 7.30. The van der Waals surface area contributed by atoms with Crippen LogP contribution >= 0.6 is 0 Å². The molecule has 0 saturated carbocycles. The summed E-state index contributed by atoms with van der Waals surface area (Å²) in [4.78, 5) is 29.2. The average molecular weight is 393 g/mol. The quantitative estimate of drug-likeness (QED) is 0.505. The molecule has 2 amide bonds. The van der Waals surface area contributed by atoms with Gasteiger partial charge in [0.1, 0.15) is 5.76 Å². The van der Waals surface area contributed by atoms with Crippen LogP contribution in [0.25, 0.3) is 0 Å². The largest absolute Gasteiger partial charge is 0.467 e. The number of carbonyl (C=O) groups is 2. The van der Waals surface area contributed by atoms with E-state index < -0.39 is 0 Å². The van der Waals surface area contributed by atoms with E-state index in [0.29, 0.717) is 19.5 Å². The number of amides is 2. The van der Waals surface area contributed by atoms with Gasteiger partial charge in [0.25, 0.3) is 0 Å². The smallest absolute Gasteiger partial charge is 0.242 e. The monoisotopic (exact) mass is 392 g/mol. The van der Waals surface area contributed by atoms with Crippen molar-refractivity contribution in [2.24, 2.45) is 0 Å². The van der Waals surface area contributed by atoms with Gasteiger partial charge < -0.3 is 19.0 Å². The standard InChI is InChI=1S/C22H36N2O4/c1-4-5-6-7-12-21(25)24(18(2)3)17-22(26)23(15-19-10-8-13-27-19)16-20-11-9-14-28-20/h8,10,13,18,20H,4-7,9,11-12,14-17H2,1-3H3. The molecule has 0 radical (unpaired) electrons. The first kappa shape index (κ1) is 22.5. The molecule has 1 saturated heterocycles. The summed E-state index contributed by atoms with van der Waals surface area (Å²) in [5.74, 6) is 0.755. The maximum absolute atomic E-state index is 13.1. The highest BCUT2D eigenvalue weighted by Gasteiger charge is 2.27. The number of hydrogen-bond acceptors (Lipinski definition) is 4. The predicted molar refractivity (Wildman–Crippen MR) is 109 cm³/mol. The van der Waals surface area contributed by atoms with Gasteiger partial charge in [-0.3, -0.25) is 9.59 Å². The molecule has 0 aromatic carbocycles. The van der Waals surface area contributed by atoms with Crippen molar-refractivity contribution >= 4 is 11.8 Å². The minimum Gasteiger partial charge on any atom is -0.467 e. The number of unbranched alkanes of at least 4 members (excludes halogenated alkanes) is 3. The summed E-state index contributed by atoms with van der Waals surface area (Å²) in [5.41, 5.74) is 0. The summed E-state index contributed by atoms with van der Waals surface area (Å²) in [5, 5.41) is 0. The molecule has 0 N–H and O–H groups in total. The lowest BCUT2D eigenvalue weighted by Crippen LogP contribution is -2.47. The first-order chi connectivity index (χ1) is 13.5. The summed E-state index contributed by atoms with van der Waals surface area (Å²) in [6.07, 6.45) is 8.42. The van der Waals surface area contributed by atoms with Gasteiger partial charge in [-0.05, 0) is 45.2 Å². The van der Waals surface area contributed by atoms with Crippen molar-refractivity contribution in [3.05, 3.63) is 24.2 Å². The Labute approximate surface area is 169 Å². The van der Waals surface area contributed by atoms with Gasteiger partial charge in [-0.15, -0.1) is 0 Å². The Morgan fingerprint density at radius 1 is 1.21 bits per heavy atom. The van der Waals surface area contributed by atoms with E-state index in [4.69, 9.17) is 9.15 Å². The Kier molecular flexibility index (Phi) is 9.55. The van der Waals surface area contributed by atoms with Crippen molar-refractivity contribution in [3.63, 3.8) is 0 Å². The molecule has 1 fully saturated rings. The van der Waals surface area contributed by atoms with Crippen LogP contribution in [0.2, 0.25) is 0 Å². The van der Waals surface area contributed by atoms with E-state index in [9.17, 15) is 9.59 Å². The van der Waals surface area contributed by atoms with E-state index >= 15 is 0 Å². The molecule has 2 rings (SSSR count). The molecule has 1 unspecified atom stereocenters. The number of carbonyl (C=O) groups excluding carboxylic acids is 2. The van der Waals surface area contributed by atoms with Crippen molar-refractivity contribution in [2.45, 2.75) is 84.4 Å². The molecule has 1 atom stereocenters. The summed E-state index contributed by atoms with van der Waals surface area (Å²) in [7, 11) is 0. The van der Waals surface area contributed by atoms with Crippen LogP contribution in [-0.4, -0.2) is 53.5 Å². The van der Waals surface area contributed by atoms with E-state index in [1.807, 2.05) is 26.0 Å². The van der Waals surface area contributed by atoms with Gasteiger partial charge in [0, 0.05) is 25.6 Å². The van der Waals surface area contributed by atoms with Gasteiger partial charge in [-0.1, -0.05) is 26.2 Å². The van der Waals surface area contributed by atoms with E-state index in [1.165, 1.54) is 0 Å². The van der Waals surface area contributed by atoms with E-state index in [0.717, 1.165) is 50.9 Å². The molecule has 2 heterocycles. The Bertz CT molecular complexity index is 579. The molecule has 1 aromatic heterocycles. The van der Waals surface area contributed by atoms with Gasteiger partial charge in [0.15, 0.2) is 0 Å². The van der Waals surface area contributed by atoms with Crippen LogP contribution in [0, 0.1) is 0 Å². The number of furan rings is 1. The number of hydrogen-bond donors (Lipinski definition) is 0. The van der Waals surface area contributed by atoms with Crippen molar-refractivity contribution < 1.29 is 18.7 Å². The average Bonchev–Trinajstić information content (AvgIpc) is 3.36. The third-order valence-electron chi connectivity index (χ3n) is 5.22. The van der Waals surface area contributed by atoms with Gasteiger partial charge >= 0.3 is 0 Å². The first-order valence-electron chi connectivity index (χ1n) is 10.7. The fraction of sp³-hybridized carbons (Fsp3) is 0.727. The van der Waals surface area contributed by atoms with Crippen LogP contribution in [0.5, 0.6) is 0 Å². The molecule has 0 bridgehead atoms. The third-order valence-corrected chi connectivity index (χ3v) is 5.22. The molecule has 0 aliphatic carbocycles. The zero-order valence-electron chi connectivity index (χ0n) is 17.7. The Hall–Kier alpha value is -1.82. The minimum atomic E-state index is -0.0532. The fourth-order valence-electron chi connectivity index (χ4n) is 3.53. The number of nitrogens with zero attached hydrogens (tertiary/aromatic N) is 2. The minimum absolute atomic E-state index is 0.00387. The van der Waals surface area contributed by atoms with Crippen LogP contribution in [0.1, 0.15) is 71.5 Å². The van der Waals surface area contributed by atoms with Crippen LogP contribution in [0.3, 0.4) is 0 Å². The second kappa shape index (κ2) is 11.9. The van der Waals surface area contributed by atoms with Crippen LogP contribution in [-0.2, 0) is 20.9 Å². The predicted octanol–water partition coefficient (Wildman–Crippen LogP) is 3.99. The van der Waals surface area contributed by atoms with Crippen molar-refractivity contribution in [1.82, 2.24) is 9.80 Å². The molecule has 1 aliphatic heterocycles. The highest BCUT2D eigenvalue weighted by molar-refractivity contribution is 5.85. The first-order valence-corrected chi connectivity index (χ1v) is 10.7. The molecule has 1 aromatic rings. The highest BCUT2D eigenvalue weighted by Crippen LogP contribution is 2.16. The topological polar surface area (TPSA) is 63.0 Å². The molecular weight excluding hydrogens is 356 g/mol. The Morgan fingerprint density at radius 2 is 2.04 bits per heavy atom.